The number of esters is 2. The lowest BCUT2D eigenvalue weighted by Crippen LogP contribution is -2.53. The van der Waals surface area contributed by atoms with Gasteiger partial charge in [0.15, 0.2) is 0 Å². The maximum absolute atomic E-state index is 13.7. The third-order valence-corrected chi connectivity index (χ3v) is 7.41. The fraction of sp³-hybridized carbons (Fsp3) is 0.643. The van der Waals surface area contributed by atoms with Gasteiger partial charge in [-0.05, 0) is 76.6 Å². The summed E-state index contributed by atoms with van der Waals surface area (Å²) < 4.78 is 11.6. The van der Waals surface area contributed by atoms with Crippen molar-refractivity contribution in [2.24, 2.45) is 5.92 Å². The molecule has 180 valence electrons. The molecule has 0 aromatic heterocycles. The second-order valence-electron chi connectivity index (χ2n) is 11.0. The van der Waals surface area contributed by atoms with Crippen LogP contribution in [0.15, 0.2) is 30.3 Å². The van der Waals surface area contributed by atoms with Crippen molar-refractivity contribution >= 4 is 18.0 Å². The highest BCUT2D eigenvalue weighted by atomic mass is 16.6. The molecule has 0 unspecified atom stereocenters. The van der Waals surface area contributed by atoms with Crippen LogP contribution in [0.2, 0.25) is 0 Å². The van der Waals surface area contributed by atoms with Crippen LogP contribution >= 0.6 is 0 Å². The van der Waals surface area contributed by atoms with Gasteiger partial charge < -0.3 is 9.47 Å². The van der Waals surface area contributed by atoms with Gasteiger partial charge >= 0.3 is 11.9 Å². The highest BCUT2D eigenvalue weighted by Gasteiger charge is 2.45. The van der Waals surface area contributed by atoms with Gasteiger partial charge in [0.05, 0.1) is 11.8 Å². The van der Waals surface area contributed by atoms with Gasteiger partial charge in [-0.1, -0.05) is 55.7 Å². The monoisotopic (exact) mass is 453 g/mol. The molecule has 2 bridgehead atoms. The summed E-state index contributed by atoms with van der Waals surface area (Å²) in [6.07, 6.45) is 11.3. The predicted octanol–water partition coefficient (Wildman–Crippen LogP) is 5.27. The maximum atomic E-state index is 13.7. The molecular formula is C28H39NO4. The van der Waals surface area contributed by atoms with E-state index in [9.17, 15) is 9.59 Å². The fourth-order valence-corrected chi connectivity index (χ4v) is 5.68. The summed E-state index contributed by atoms with van der Waals surface area (Å²) in [6, 6.07) is 8.22. The topological polar surface area (TPSA) is 55.8 Å². The van der Waals surface area contributed by atoms with E-state index in [2.05, 4.69) is 17.0 Å². The van der Waals surface area contributed by atoms with E-state index in [1.165, 1.54) is 6.42 Å². The maximum Gasteiger partial charge on any atom is 0.316 e. The van der Waals surface area contributed by atoms with E-state index in [-0.39, 0.29) is 24.5 Å². The molecule has 1 aliphatic carbocycles. The van der Waals surface area contributed by atoms with Crippen molar-refractivity contribution in [3.8, 4) is 0 Å². The molecule has 3 heterocycles. The second-order valence-corrected chi connectivity index (χ2v) is 11.0. The zero-order valence-electron chi connectivity index (χ0n) is 20.5. The Morgan fingerprint density at radius 2 is 1.85 bits per heavy atom. The lowest BCUT2D eigenvalue weighted by atomic mass is 9.69. The van der Waals surface area contributed by atoms with Crippen molar-refractivity contribution in [3.05, 3.63) is 41.5 Å². The normalized spacial score (nSPS) is 26.8. The summed E-state index contributed by atoms with van der Waals surface area (Å²) in [5.74, 6) is 0.248. The highest BCUT2D eigenvalue weighted by Crippen LogP contribution is 2.42. The molecule has 0 N–H and O–H groups in total. The first-order valence-electron chi connectivity index (χ1n) is 12.7. The second kappa shape index (κ2) is 10.0. The molecule has 0 radical (unpaired) electrons. The standard InChI is InChI=1S/C28H39NO4/c1-27(2,3)33-25(30)12-8-10-21-9-7-11-23(19-21)28(15-5-4-6-16-28)26(31)32-24-20-29-17-13-22(24)14-18-29/h7-11,19,22,24H,4-6,12-18,20H2,1-3H3/b10-8+/t24-/m0/s1. The van der Waals surface area contributed by atoms with Gasteiger partial charge in [0.1, 0.15) is 11.7 Å². The first-order valence-corrected chi connectivity index (χ1v) is 12.7. The van der Waals surface area contributed by atoms with Gasteiger partial charge in [0, 0.05) is 6.54 Å². The summed E-state index contributed by atoms with van der Waals surface area (Å²) in [5.41, 5.74) is 1.01. The van der Waals surface area contributed by atoms with E-state index in [4.69, 9.17) is 9.47 Å². The van der Waals surface area contributed by atoms with Crippen molar-refractivity contribution < 1.29 is 19.1 Å². The third kappa shape index (κ3) is 5.87. The van der Waals surface area contributed by atoms with Crippen LogP contribution < -0.4 is 0 Å². The number of carbonyl (C=O) groups is 2. The fourth-order valence-electron chi connectivity index (χ4n) is 5.68. The zero-order chi connectivity index (χ0) is 23.5. The molecule has 5 rings (SSSR count). The van der Waals surface area contributed by atoms with Gasteiger partial charge in [-0.3, -0.25) is 14.5 Å². The molecule has 1 atom stereocenters. The van der Waals surface area contributed by atoms with E-state index in [1.54, 1.807) is 0 Å². The Balaban J connectivity index is 1.48. The first kappa shape index (κ1) is 24.0. The molecule has 1 saturated carbocycles. The predicted molar refractivity (Wildman–Crippen MR) is 130 cm³/mol. The number of carbonyl (C=O) groups excluding carboxylic acids is 2. The van der Waals surface area contributed by atoms with Gasteiger partial charge in [0.25, 0.3) is 0 Å². The van der Waals surface area contributed by atoms with Crippen LogP contribution in [0, 0.1) is 5.92 Å². The van der Waals surface area contributed by atoms with Crippen molar-refractivity contribution in [2.45, 2.75) is 89.3 Å². The third-order valence-electron chi connectivity index (χ3n) is 7.41. The molecule has 0 amide bonds. The van der Waals surface area contributed by atoms with E-state index < -0.39 is 11.0 Å². The van der Waals surface area contributed by atoms with Crippen molar-refractivity contribution in [1.29, 1.82) is 0 Å². The number of rotatable bonds is 6. The van der Waals surface area contributed by atoms with Gasteiger partial charge in [-0.25, -0.2) is 0 Å². The lowest BCUT2D eigenvalue weighted by Gasteiger charge is -2.45. The molecule has 33 heavy (non-hydrogen) atoms. The summed E-state index contributed by atoms with van der Waals surface area (Å²) in [6.45, 7) is 8.78. The van der Waals surface area contributed by atoms with E-state index in [0.717, 1.165) is 69.3 Å². The number of hydrogen-bond acceptors (Lipinski definition) is 5. The number of fused-ring (bicyclic) bond motifs is 3. The molecule has 4 aliphatic rings. The van der Waals surface area contributed by atoms with Gasteiger partial charge in [-0.15, -0.1) is 0 Å². The molecule has 1 aromatic carbocycles. The molecular weight excluding hydrogens is 414 g/mol. The molecule has 5 heteroatoms. The van der Waals surface area contributed by atoms with Crippen molar-refractivity contribution in [1.82, 2.24) is 4.90 Å². The van der Waals surface area contributed by atoms with E-state index in [0.29, 0.717) is 5.92 Å². The average molecular weight is 454 g/mol. The number of nitrogens with zero attached hydrogens (tertiary/aromatic N) is 1. The molecule has 3 saturated heterocycles. The summed E-state index contributed by atoms with van der Waals surface area (Å²) in [5, 5.41) is 0. The Morgan fingerprint density at radius 1 is 1.12 bits per heavy atom. The van der Waals surface area contributed by atoms with Crippen LogP contribution in [-0.2, 0) is 24.5 Å². The Labute approximate surface area is 198 Å². The van der Waals surface area contributed by atoms with Crippen molar-refractivity contribution in [2.75, 3.05) is 19.6 Å². The lowest BCUT2D eigenvalue weighted by molar-refractivity contribution is -0.167. The largest absolute Gasteiger partial charge is 0.460 e. The zero-order valence-corrected chi connectivity index (χ0v) is 20.5. The number of ether oxygens (including phenoxy) is 2. The molecule has 1 aromatic rings. The Kier molecular flexibility index (Phi) is 7.28. The van der Waals surface area contributed by atoms with Gasteiger partial charge in [-0.2, -0.15) is 0 Å². The van der Waals surface area contributed by atoms with Crippen LogP contribution in [0.25, 0.3) is 6.08 Å². The molecule has 3 aliphatic heterocycles. The number of hydrogen-bond donors (Lipinski definition) is 0. The first-order chi connectivity index (χ1) is 15.7. The van der Waals surface area contributed by atoms with E-state index in [1.807, 2.05) is 45.1 Å². The van der Waals surface area contributed by atoms with Crippen LogP contribution in [0.4, 0.5) is 0 Å². The average Bonchev–Trinajstić information content (AvgIpc) is 2.79. The Hall–Kier alpha value is -2.14. The number of piperidine rings is 3. The minimum absolute atomic E-state index is 0.0316. The quantitative estimate of drug-likeness (QED) is 0.549. The van der Waals surface area contributed by atoms with E-state index >= 15 is 0 Å². The van der Waals surface area contributed by atoms with Crippen LogP contribution in [0.3, 0.4) is 0 Å². The molecule has 0 spiro atoms. The Bertz CT molecular complexity index is 870. The van der Waals surface area contributed by atoms with Crippen LogP contribution in [0.5, 0.6) is 0 Å². The minimum Gasteiger partial charge on any atom is -0.460 e. The highest BCUT2D eigenvalue weighted by molar-refractivity contribution is 5.84. The van der Waals surface area contributed by atoms with Crippen LogP contribution in [0.1, 0.15) is 83.3 Å². The minimum atomic E-state index is -0.556. The summed E-state index contributed by atoms with van der Waals surface area (Å²) in [7, 11) is 0. The van der Waals surface area contributed by atoms with Crippen molar-refractivity contribution in [3.63, 3.8) is 0 Å². The molecule has 5 nitrogen and oxygen atoms in total. The SMILES string of the molecule is CC(C)(C)OC(=O)C/C=C/c1cccc(C2(C(=O)O[C@H]3CN4CCC3CC4)CCCCC2)c1. The number of benzene rings is 1. The van der Waals surface area contributed by atoms with Gasteiger partial charge in [0.2, 0.25) is 0 Å². The van der Waals surface area contributed by atoms with Crippen LogP contribution in [-0.4, -0.2) is 48.2 Å². The Morgan fingerprint density at radius 3 is 2.48 bits per heavy atom. The summed E-state index contributed by atoms with van der Waals surface area (Å²) in [4.78, 5) is 28.1. The smallest absolute Gasteiger partial charge is 0.316 e. The molecule has 4 fully saturated rings. The summed E-state index contributed by atoms with van der Waals surface area (Å²) >= 11 is 0.